The number of hydrogen-bond donors (Lipinski definition) is 2. The van der Waals surface area contributed by atoms with Gasteiger partial charge in [-0.15, -0.1) is 0 Å². The van der Waals surface area contributed by atoms with Crippen molar-refractivity contribution < 1.29 is 9.59 Å². The number of carbonyl (C=O) groups excluding carboxylic acids is 2. The Balaban J connectivity index is 2.49. The Morgan fingerprint density at radius 3 is 2.50 bits per heavy atom. The van der Waals surface area contributed by atoms with Gasteiger partial charge in [0.1, 0.15) is 0 Å². The lowest BCUT2D eigenvalue weighted by Gasteiger charge is -2.28. The van der Waals surface area contributed by atoms with E-state index in [1.54, 1.807) is 14.0 Å². The topological polar surface area (TPSA) is 75.4 Å². The maximum Gasteiger partial charge on any atom is 0.242 e. The summed E-state index contributed by atoms with van der Waals surface area (Å²) in [5.74, 6) is -0.0251. The van der Waals surface area contributed by atoms with Crippen molar-refractivity contribution in [2.24, 2.45) is 11.7 Å². The molecular formula is C11H21N3O2. The summed E-state index contributed by atoms with van der Waals surface area (Å²) in [7, 11) is 1.62. The standard InChI is InChI=1S/C11H21N3O2/c1-4-13-9(15)7-14(3)10(16)11(2,12)8-5-6-8/h8H,4-7,12H2,1-3H3,(H,13,15). The lowest BCUT2D eigenvalue weighted by atomic mass is 9.95. The molecule has 0 aliphatic heterocycles. The molecule has 0 aromatic rings. The van der Waals surface area contributed by atoms with Gasteiger partial charge in [-0.05, 0) is 32.6 Å². The van der Waals surface area contributed by atoms with Gasteiger partial charge in [0.2, 0.25) is 11.8 Å². The van der Waals surface area contributed by atoms with Crippen LogP contribution in [-0.2, 0) is 9.59 Å². The van der Waals surface area contributed by atoms with Crippen molar-refractivity contribution >= 4 is 11.8 Å². The maximum atomic E-state index is 12.0. The molecule has 0 aromatic heterocycles. The summed E-state index contributed by atoms with van der Waals surface area (Å²) < 4.78 is 0. The number of carbonyl (C=O) groups is 2. The monoisotopic (exact) mass is 227 g/mol. The first-order valence-electron chi connectivity index (χ1n) is 5.70. The minimum Gasteiger partial charge on any atom is -0.355 e. The smallest absolute Gasteiger partial charge is 0.242 e. The molecular weight excluding hydrogens is 206 g/mol. The molecule has 3 N–H and O–H groups in total. The molecule has 5 heteroatoms. The van der Waals surface area contributed by atoms with E-state index in [9.17, 15) is 9.59 Å². The number of likely N-dealkylation sites (N-methyl/N-ethyl adjacent to an activating group) is 2. The minimum absolute atomic E-state index is 0.0756. The van der Waals surface area contributed by atoms with Crippen LogP contribution in [0.15, 0.2) is 0 Å². The fourth-order valence-electron chi connectivity index (χ4n) is 1.81. The normalized spacial score (nSPS) is 18.8. The Morgan fingerprint density at radius 1 is 1.50 bits per heavy atom. The van der Waals surface area contributed by atoms with Crippen molar-refractivity contribution in [1.29, 1.82) is 0 Å². The summed E-state index contributed by atoms with van der Waals surface area (Å²) in [5, 5.41) is 2.65. The van der Waals surface area contributed by atoms with Gasteiger partial charge in [-0.25, -0.2) is 0 Å². The number of nitrogens with zero attached hydrogens (tertiary/aromatic N) is 1. The first-order chi connectivity index (χ1) is 7.39. The minimum atomic E-state index is -0.818. The number of amides is 2. The highest BCUT2D eigenvalue weighted by Gasteiger charge is 2.45. The lowest BCUT2D eigenvalue weighted by molar-refractivity contribution is -0.139. The Kier molecular flexibility index (Phi) is 3.91. The number of hydrogen-bond acceptors (Lipinski definition) is 3. The molecule has 92 valence electrons. The van der Waals surface area contributed by atoms with E-state index in [4.69, 9.17) is 5.73 Å². The van der Waals surface area contributed by atoms with Crippen molar-refractivity contribution in [2.75, 3.05) is 20.1 Å². The van der Waals surface area contributed by atoms with Crippen LogP contribution in [0.1, 0.15) is 26.7 Å². The second-order valence-corrected chi connectivity index (χ2v) is 4.67. The number of rotatable bonds is 5. The quantitative estimate of drug-likeness (QED) is 0.677. The van der Waals surface area contributed by atoms with E-state index in [-0.39, 0.29) is 24.3 Å². The zero-order valence-corrected chi connectivity index (χ0v) is 10.2. The Labute approximate surface area is 96.4 Å². The summed E-state index contributed by atoms with van der Waals surface area (Å²) >= 11 is 0. The molecule has 1 aliphatic rings. The van der Waals surface area contributed by atoms with Gasteiger partial charge < -0.3 is 16.0 Å². The fourth-order valence-corrected chi connectivity index (χ4v) is 1.81. The fraction of sp³-hybridized carbons (Fsp3) is 0.818. The molecule has 1 fully saturated rings. The maximum absolute atomic E-state index is 12.0. The van der Waals surface area contributed by atoms with Crippen LogP contribution in [0.25, 0.3) is 0 Å². The van der Waals surface area contributed by atoms with E-state index in [1.807, 2.05) is 6.92 Å². The van der Waals surface area contributed by atoms with E-state index in [1.165, 1.54) is 4.90 Å². The third kappa shape index (κ3) is 2.95. The van der Waals surface area contributed by atoms with Crippen LogP contribution in [-0.4, -0.2) is 42.4 Å². The molecule has 1 saturated carbocycles. The molecule has 1 rings (SSSR count). The van der Waals surface area contributed by atoms with Gasteiger partial charge in [0.25, 0.3) is 0 Å². The molecule has 5 nitrogen and oxygen atoms in total. The van der Waals surface area contributed by atoms with Crippen LogP contribution in [0.2, 0.25) is 0 Å². The van der Waals surface area contributed by atoms with Gasteiger partial charge >= 0.3 is 0 Å². The van der Waals surface area contributed by atoms with Crippen LogP contribution in [0.3, 0.4) is 0 Å². The number of nitrogens with one attached hydrogen (secondary N) is 1. The number of nitrogens with two attached hydrogens (primary N) is 1. The summed E-state index contributed by atoms with van der Waals surface area (Å²) in [4.78, 5) is 24.7. The molecule has 1 atom stereocenters. The van der Waals surface area contributed by atoms with Gasteiger partial charge in [0, 0.05) is 13.6 Å². The zero-order valence-electron chi connectivity index (χ0n) is 10.2. The largest absolute Gasteiger partial charge is 0.355 e. The molecule has 0 saturated heterocycles. The van der Waals surface area contributed by atoms with Crippen molar-refractivity contribution in [3.8, 4) is 0 Å². The third-order valence-electron chi connectivity index (χ3n) is 2.99. The van der Waals surface area contributed by atoms with Crippen LogP contribution >= 0.6 is 0 Å². The van der Waals surface area contributed by atoms with Crippen LogP contribution < -0.4 is 11.1 Å². The lowest BCUT2D eigenvalue weighted by Crippen LogP contribution is -2.55. The van der Waals surface area contributed by atoms with Crippen molar-refractivity contribution in [3.63, 3.8) is 0 Å². The van der Waals surface area contributed by atoms with Gasteiger partial charge in [-0.3, -0.25) is 9.59 Å². The average molecular weight is 227 g/mol. The van der Waals surface area contributed by atoms with Crippen LogP contribution in [0, 0.1) is 5.92 Å². The third-order valence-corrected chi connectivity index (χ3v) is 2.99. The molecule has 0 bridgehead atoms. The molecule has 0 aromatic carbocycles. The van der Waals surface area contributed by atoms with Gasteiger partial charge in [-0.1, -0.05) is 0 Å². The summed E-state index contributed by atoms with van der Waals surface area (Å²) in [5.41, 5.74) is 5.18. The van der Waals surface area contributed by atoms with Crippen LogP contribution in [0.5, 0.6) is 0 Å². The van der Waals surface area contributed by atoms with Crippen LogP contribution in [0.4, 0.5) is 0 Å². The zero-order chi connectivity index (χ0) is 12.3. The second-order valence-electron chi connectivity index (χ2n) is 4.67. The highest BCUT2D eigenvalue weighted by atomic mass is 16.2. The molecule has 0 spiro atoms. The highest BCUT2D eigenvalue weighted by Crippen LogP contribution is 2.38. The van der Waals surface area contributed by atoms with Crippen molar-refractivity contribution in [3.05, 3.63) is 0 Å². The molecule has 2 amide bonds. The van der Waals surface area contributed by atoms with E-state index in [0.29, 0.717) is 6.54 Å². The summed E-state index contributed by atoms with van der Waals surface area (Å²) in [6.45, 7) is 4.24. The summed E-state index contributed by atoms with van der Waals surface area (Å²) in [6.07, 6.45) is 2.02. The predicted octanol–water partition coefficient (Wildman–Crippen LogP) is -0.292. The predicted molar refractivity (Wildman–Crippen MR) is 61.6 cm³/mol. The molecule has 0 radical (unpaired) electrons. The van der Waals surface area contributed by atoms with Gasteiger partial charge in [0.15, 0.2) is 0 Å². The molecule has 1 unspecified atom stereocenters. The van der Waals surface area contributed by atoms with E-state index in [0.717, 1.165) is 12.8 Å². The van der Waals surface area contributed by atoms with Crippen molar-refractivity contribution in [2.45, 2.75) is 32.2 Å². The SMILES string of the molecule is CCNC(=O)CN(C)C(=O)C(C)(N)C1CC1. The average Bonchev–Trinajstić information content (AvgIpc) is 2.99. The van der Waals surface area contributed by atoms with E-state index < -0.39 is 5.54 Å². The molecule has 1 aliphatic carbocycles. The second kappa shape index (κ2) is 4.82. The van der Waals surface area contributed by atoms with Gasteiger partial charge in [-0.2, -0.15) is 0 Å². The van der Waals surface area contributed by atoms with E-state index in [2.05, 4.69) is 5.32 Å². The molecule has 16 heavy (non-hydrogen) atoms. The highest BCUT2D eigenvalue weighted by molar-refractivity contribution is 5.90. The summed E-state index contributed by atoms with van der Waals surface area (Å²) in [6, 6.07) is 0. The van der Waals surface area contributed by atoms with E-state index >= 15 is 0 Å². The first-order valence-corrected chi connectivity index (χ1v) is 5.70. The van der Waals surface area contributed by atoms with Crippen molar-refractivity contribution in [1.82, 2.24) is 10.2 Å². The molecule has 0 heterocycles. The Bertz CT molecular complexity index is 285. The Morgan fingerprint density at radius 2 is 2.06 bits per heavy atom. The first kappa shape index (κ1) is 13.0. The Hall–Kier alpha value is -1.10. The van der Waals surface area contributed by atoms with Gasteiger partial charge in [0.05, 0.1) is 12.1 Å².